The number of allylic oxidation sites excluding steroid dienone is 4. The lowest BCUT2D eigenvalue weighted by atomic mass is 10.0. The van der Waals surface area contributed by atoms with Gasteiger partial charge in [0.25, 0.3) is 0 Å². The van der Waals surface area contributed by atoms with Crippen LogP contribution in [0.5, 0.6) is 0 Å². The molecule has 0 aliphatic rings. The number of hydrogen-bond donors (Lipinski definition) is 3. The number of amides is 1. The molecule has 76 heavy (non-hydrogen) atoms. The highest BCUT2D eigenvalue weighted by Crippen LogP contribution is 2.19. The van der Waals surface area contributed by atoms with Crippen molar-refractivity contribution in [2.75, 3.05) is 13.2 Å². The molecular weight excluding hydrogens is 935 g/mol. The molecule has 0 aliphatic heterocycles. The zero-order valence-electron chi connectivity index (χ0n) is 51.5. The van der Waals surface area contributed by atoms with Crippen LogP contribution in [0.1, 0.15) is 386 Å². The van der Waals surface area contributed by atoms with Crippen LogP contribution in [0.15, 0.2) is 24.3 Å². The summed E-state index contributed by atoms with van der Waals surface area (Å²) in [5, 5.41) is 23.4. The number of nitrogens with one attached hydrogen (secondary N) is 1. The van der Waals surface area contributed by atoms with Crippen LogP contribution >= 0.6 is 0 Å². The van der Waals surface area contributed by atoms with Gasteiger partial charge in [0.05, 0.1) is 25.4 Å². The molecule has 1 amide bonds. The highest BCUT2D eigenvalue weighted by Gasteiger charge is 2.20. The van der Waals surface area contributed by atoms with Crippen molar-refractivity contribution in [1.82, 2.24) is 5.32 Å². The largest absolute Gasteiger partial charge is 0.466 e. The van der Waals surface area contributed by atoms with E-state index in [2.05, 4.69) is 43.5 Å². The number of rotatable bonds is 65. The van der Waals surface area contributed by atoms with E-state index in [9.17, 15) is 19.8 Å². The SMILES string of the molecule is CCCCC/C=C\C/C=C\CCCCCCCCCCCC(=O)OCCCCCCCCCCCCCCCCCCCCC(=O)NC(CO)C(O)CCCCCCCCCCCCCCCCCCCCCCCC. The maximum atomic E-state index is 12.5. The normalized spacial score (nSPS) is 12.6. The molecule has 0 saturated heterocycles. The molecule has 0 saturated carbocycles. The van der Waals surface area contributed by atoms with Gasteiger partial charge in [-0.1, -0.05) is 340 Å². The molecule has 0 aromatic rings. The van der Waals surface area contributed by atoms with E-state index >= 15 is 0 Å². The van der Waals surface area contributed by atoms with E-state index in [1.165, 1.54) is 302 Å². The summed E-state index contributed by atoms with van der Waals surface area (Å²) < 4.78 is 5.50. The van der Waals surface area contributed by atoms with Crippen molar-refractivity contribution < 1.29 is 24.5 Å². The van der Waals surface area contributed by atoms with Crippen molar-refractivity contribution in [3.05, 3.63) is 24.3 Å². The van der Waals surface area contributed by atoms with Gasteiger partial charge in [-0.25, -0.2) is 0 Å². The quantitative estimate of drug-likeness (QED) is 0.0320. The fourth-order valence-corrected chi connectivity index (χ4v) is 11.0. The van der Waals surface area contributed by atoms with Crippen LogP contribution in [0.4, 0.5) is 0 Å². The number of unbranched alkanes of at least 4 members (excludes halogenated alkanes) is 50. The van der Waals surface area contributed by atoms with E-state index in [1.807, 2.05) is 0 Å². The molecule has 0 heterocycles. The Kier molecular flexibility index (Phi) is 64.4. The number of carbonyl (C=O) groups is 2. The molecule has 0 aromatic carbocycles. The zero-order valence-corrected chi connectivity index (χ0v) is 51.5. The third-order valence-electron chi connectivity index (χ3n) is 16.3. The van der Waals surface area contributed by atoms with E-state index < -0.39 is 12.1 Å². The smallest absolute Gasteiger partial charge is 0.305 e. The minimum absolute atomic E-state index is 0.00474. The van der Waals surface area contributed by atoms with E-state index in [-0.39, 0.29) is 18.5 Å². The monoisotopic (exact) mass is 1070 g/mol. The molecule has 0 spiro atoms. The summed E-state index contributed by atoms with van der Waals surface area (Å²) in [5.74, 6) is -0.0299. The first kappa shape index (κ1) is 74.3. The lowest BCUT2D eigenvalue weighted by Crippen LogP contribution is -2.45. The number of hydrogen-bond acceptors (Lipinski definition) is 5. The molecule has 0 radical (unpaired) electrons. The Labute approximate surface area is 475 Å². The highest BCUT2D eigenvalue weighted by molar-refractivity contribution is 5.76. The molecule has 0 aliphatic carbocycles. The maximum Gasteiger partial charge on any atom is 0.305 e. The van der Waals surface area contributed by atoms with Gasteiger partial charge in [-0.3, -0.25) is 9.59 Å². The Hall–Kier alpha value is -1.66. The zero-order chi connectivity index (χ0) is 55.0. The minimum atomic E-state index is -0.668. The van der Waals surface area contributed by atoms with Crippen LogP contribution in [0.2, 0.25) is 0 Å². The summed E-state index contributed by atoms with van der Waals surface area (Å²) in [4.78, 5) is 24.7. The van der Waals surface area contributed by atoms with Gasteiger partial charge in [-0.2, -0.15) is 0 Å². The third-order valence-corrected chi connectivity index (χ3v) is 16.3. The van der Waals surface area contributed by atoms with Crippen molar-refractivity contribution in [3.63, 3.8) is 0 Å². The topological polar surface area (TPSA) is 95.9 Å². The number of aliphatic hydroxyl groups excluding tert-OH is 2. The summed E-state index contributed by atoms with van der Waals surface area (Å²) in [7, 11) is 0. The molecule has 3 N–H and O–H groups in total. The van der Waals surface area contributed by atoms with Gasteiger partial charge in [0.1, 0.15) is 0 Å². The van der Waals surface area contributed by atoms with Crippen molar-refractivity contribution in [2.45, 2.75) is 398 Å². The van der Waals surface area contributed by atoms with Crippen molar-refractivity contribution in [2.24, 2.45) is 0 Å². The predicted octanol–water partition coefficient (Wildman–Crippen LogP) is 22.1. The van der Waals surface area contributed by atoms with Crippen LogP contribution in [0.25, 0.3) is 0 Å². The molecule has 0 aromatic heterocycles. The van der Waals surface area contributed by atoms with Gasteiger partial charge in [-0.15, -0.1) is 0 Å². The summed E-state index contributed by atoms with van der Waals surface area (Å²) in [6, 6.07) is -0.546. The van der Waals surface area contributed by atoms with Crippen molar-refractivity contribution in [1.29, 1.82) is 0 Å². The summed E-state index contributed by atoms with van der Waals surface area (Å²) in [5.41, 5.74) is 0. The Morgan fingerprint density at radius 2 is 0.658 bits per heavy atom. The fraction of sp³-hybridized carbons (Fsp3) is 0.914. The lowest BCUT2D eigenvalue weighted by molar-refractivity contribution is -0.143. The summed E-state index contributed by atoms with van der Waals surface area (Å²) in [6.07, 6.45) is 82.0. The summed E-state index contributed by atoms with van der Waals surface area (Å²) in [6.45, 7) is 4.96. The number of aliphatic hydroxyl groups is 2. The molecule has 0 fully saturated rings. The fourth-order valence-electron chi connectivity index (χ4n) is 11.0. The van der Waals surface area contributed by atoms with Crippen molar-refractivity contribution in [3.8, 4) is 0 Å². The maximum absolute atomic E-state index is 12.5. The van der Waals surface area contributed by atoms with Gasteiger partial charge in [0.15, 0.2) is 0 Å². The van der Waals surface area contributed by atoms with E-state index in [4.69, 9.17) is 4.74 Å². The average molecular weight is 1070 g/mol. The van der Waals surface area contributed by atoms with Gasteiger partial charge >= 0.3 is 5.97 Å². The molecule has 2 unspecified atom stereocenters. The predicted molar refractivity (Wildman–Crippen MR) is 333 cm³/mol. The molecular formula is C70H135NO5. The molecule has 0 bridgehead atoms. The lowest BCUT2D eigenvalue weighted by Gasteiger charge is -2.22. The first-order chi connectivity index (χ1) is 37.5. The van der Waals surface area contributed by atoms with E-state index in [0.717, 1.165) is 51.4 Å². The standard InChI is InChI=1S/C70H135NO5/c1-3-5-7-9-11-13-15-17-19-21-23-24-25-27-30-34-38-42-46-50-54-58-62-68(73)67(66-72)71-69(74)63-59-55-51-47-43-39-35-31-28-29-33-37-41-45-49-53-57-61-65-76-70(75)64-60-56-52-48-44-40-36-32-26-22-20-18-16-14-12-10-8-6-4-2/h12,14,18,20,67-68,72-73H,3-11,13,15-17,19,21-66H2,1-2H3,(H,71,74)/b14-12-,20-18-. The van der Waals surface area contributed by atoms with Crippen LogP contribution in [-0.2, 0) is 14.3 Å². The minimum Gasteiger partial charge on any atom is -0.466 e. The molecule has 6 heteroatoms. The van der Waals surface area contributed by atoms with E-state index in [0.29, 0.717) is 25.9 Å². The molecule has 6 nitrogen and oxygen atoms in total. The van der Waals surface area contributed by atoms with Crippen LogP contribution in [-0.4, -0.2) is 47.4 Å². The van der Waals surface area contributed by atoms with Crippen LogP contribution < -0.4 is 5.32 Å². The first-order valence-corrected chi connectivity index (χ1v) is 34.6. The van der Waals surface area contributed by atoms with Gasteiger partial charge in [0.2, 0.25) is 5.91 Å². The number of carbonyl (C=O) groups excluding carboxylic acids is 2. The summed E-state index contributed by atoms with van der Waals surface area (Å²) >= 11 is 0. The Balaban J connectivity index is 3.39. The Bertz CT molecular complexity index is 1190. The highest BCUT2D eigenvalue weighted by atomic mass is 16.5. The average Bonchev–Trinajstić information content (AvgIpc) is 3.42. The van der Waals surface area contributed by atoms with Crippen LogP contribution in [0.3, 0.4) is 0 Å². The second-order valence-electron chi connectivity index (χ2n) is 23.9. The van der Waals surface area contributed by atoms with Crippen LogP contribution in [0, 0.1) is 0 Å². The molecule has 2 atom stereocenters. The van der Waals surface area contributed by atoms with Crippen molar-refractivity contribution >= 4 is 11.9 Å². The number of ether oxygens (including phenoxy) is 1. The van der Waals surface area contributed by atoms with Gasteiger partial charge in [-0.05, 0) is 57.8 Å². The Morgan fingerprint density at radius 3 is 1.03 bits per heavy atom. The van der Waals surface area contributed by atoms with Gasteiger partial charge < -0.3 is 20.3 Å². The first-order valence-electron chi connectivity index (χ1n) is 34.6. The molecule has 450 valence electrons. The third kappa shape index (κ3) is 61.6. The van der Waals surface area contributed by atoms with Gasteiger partial charge in [0, 0.05) is 12.8 Å². The number of esters is 1. The Morgan fingerprint density at radius 1 is 0.368 bits per heavy atom. The molecule has 0 rings (SSSR count). The van der Waals surface area contributed by atoms with E-state index in [1.54, 1.807) is 0 Å². The second-order valence-corrected chi connectivity index (χ2v) is 23.9. The second kappa shape index (κ2) is 65.9.